The van der Waals surface area contributed by atoms with E-state index >= 15 is 0 Å². The van der Waals surface area contributed by atoms with Gasteiger partial charge in [0.2, 0.25) is 0 Å². The number of amides is 1. The number of carbonyl (C=O) groups is 1. The first-order valence-electron chi connectivity index (χ1n) is 6.89. The van der Waals surface area contributed by atoms with Gasteiger partial charge in [0.15, 0.2) is 16.6 Å². The van der Waals surface area contributed by atoms with Gasteiger partial charge in [0.05, 0.1) is 0 Å². The van der Waals surface area contributed by atoms with Crippen molar-refractivity contribution in [3.8, 4) is 11.5 Å². The molecule has 118 valence electrons. The fraction of sp³-hybridized carbons (Fsp3) is 0.125. The molecule has 0 saturated heterocycles. The number of fused-ring (bicyclic) bond motifs is 1. The minimum Gasteiger partial charge on any atom is -0.486 e. The molecule has 5 nitrogen and oxygen atoms in total. The molecular formula is C16H13IN2O3S. The summed E-state index contributed by atoms with van der Waals surface area (Å²) in [6.07, 6.45) is 0. The van der Waals surface area contributed by atoms with Gasteiger partial charge in [-0.25, -0.2) is 0 Å². The van der Waals surface area contributed by atoms with Crippen molar-refractivity contribution in [2.24, 2.45) is 0 Å². The van der Waals surface area contributed by atoms with Gasteiger partial charge >= 0.3 is 0 Å². The van der Waals surface area contributed by atoms with E-state index in [2.05, 4.69) is 33.2 Å². The molecular weight excluding hydrogens is 427 g/mol. The van der Waals surface area contributed by atoms with Crippen molar-refractivity contribution in [1.29, 1.82) is 0 Å². The number of nitrogens with one attached hydrogen (secondary N) is 2. The Bertz CT molecular complexity index is 767. The van der Waals surface area contributed by atoms with Gasteiger partial charge in [0.25, 0.3) is 5.91 Å². The summed E-state index contributed by atoms with van der Waals surface area (Å²) < 4.78 is 12.0. The summed E-state index contributed by atoms with van der Waals surface area (Å²) in [5.74, 6) is 1.11. The molecule has 0 aliphatic carbocycles. The van der Waals surface area contributed by atoms with Crippen LogP contribution in [0, 0.1) is 3.57 Å². The molecule has 0 unspecified atom stereocenters. The third-order valence-corrected chi connectivity index (χ3v) is 3.99. The second kappa shape index (κ2) is 7.14. The number of rotatable bonds is 2. The van der Waals surface area contributed by atoms with E-state index in [4.69, 9.17) is 21.7 Å². The molecule has 0 bridgehead atoms. The number of carbonyl (C=O) groups excluding carboxylic acids is 1. The lowest BCUT2D eigenvalue weighted by Crippen LogP contribution is -2.34. The van der Waals surface area contributed by atoms with Crippen LogP contribution in [0.15, 0.2) is 42.5 Å². The molecule has 3 rings (SSSR count). The smallest absolute Gasteiger partial charge is 0.257 e. The fourth-order valence-electron chi connectivity index (χ4n) is 2.09. The minimum atomic E-state index is -0.251. The first-order chi connectivity index (χ1) is 11.1. The summed E-state index contributed by atoms with van der Waals surface area (Å²) >= 11 is 7.34. The van der Waals surface area contributed by atoms with Gasteiger partial charge in [0, 0.05) is 20.9 Å². The average Bonchev–Trinajstić information content (AvgIpc) is 2.54. The summed E-state index contributed by atoms with van der Waals surface area (Å²) in [5.41, 5.74) is 1.28. The lowest BCUT2D eigenvalue weighted by Gasteiger charge is -2.19. The molecule has 1 aliphatic heterocycles. The number of thiocarbonyl (C=S) groups is 1. The number of halogens is 1. The van der Waals surface area contributed by atoms with Gasteiger partial charge < -0.3 is 14.8 Å². The zero-order valence-corrected chi connectivity index (χ0v) is 14.9. The van der Waals surface area contributed by atoms with Crippen LogP contribution in [0.1, 0.15) is 10.4 Å². The van der Waals surface area contributed by atoms with Crippen molar-refractivity contribution in [1.82, 2.24) is 5.32 Å². The quantitative estimate of drug-likeness (QED) is 0.555. The SMILES string of the molecule is O=C(NC(=S)Nc1ccc2c(c1)OCCO2)c1cccc(I)c1. The molecule has 0 radical (unpaired) electrons. The highest BCUT2D eigenvalue weighted by Crippen LogP contribution is 2.32. The molecule has 1 heterocycles. The van der Waals surface area contributed by atoms with E-state index in [9.17, 15) is 4.79 Å². The molecule has 23 heavy (non-hydrogen) atoms. The zero-order chi connectivity index (χ0) is 16.2. The summed E-state index contributed by atoms with van der Waals surface area (Å²) in [5, 5.41) is 5.85. The van der Waals surface area contributed by atoms with Crippen molar-refractivity contribution < 1.29 is 14.3 Å². The first kappa shape index (κ1) is 16.0. The van der Waals surface area contributed by atoms with Crippen LogP contribution in [0.4, 0.5) is 5.69 Å². The van der Waals surface area contributed by atoms with Gasteiger partial charge in [-0.2, -0.15) is 0 Å². The van der Waals surface area contributed by atoms with Crippen LogP contribution in [-0.2, 0) is 0 Å². The highest BCUT2D eigenvalue weighted by molar-refractivity contribution is 14.1. The molecule has 0 fully saturated rings. The van der Waals surface area contributed by atoms with E-state index in [1.807, 2.05) is 18.2 Å². The molecule has 0 saturated carbocycles. The van der Waals surface area contributed by atoms with E-state index in [1.54, 1.807) is 24.3 Å². The number of hydrogen-bond donors (Lipinski definition) is 2. The predicted octanol–water partition coefficient (Wildman–Crippen LogP) is 3.19. The van der Waals surface area contributed by atoms with Crippen LogP contribution in [0.25, 0.3) is 0 Å². The summed E-state index contributed by atoms with van der Waals surface area (Å²) in [6.45, 7) is 1.06. The summed E-state index contributed by atoms with van der Waals surface area (Å²) in [7, 11) is 0. The van der Waals surface area contributed by atoms with Crippen LogP contribution < -0.4 is 20.1 Å². The van der Waals surface area contributed by atoms with Gasteiger partial charge in [-0.05, 0) is 65.1 Å². The Morgan fingerprint density at radius 1 is 1.09 bits per heavy atom. The number of anilines is 1. The molecule has 7 heteroatoms. The Morgan fingerprint density at radius 3 is 2.65 bits per heavy atom. The van der Waals surface area contributed by atoms with Crippen molar-refractivity contribution in [3.63, 3.8) is 0 Å². The van der Waals surface area contributed by atoms with Gasteiger partial charge in [-0.3, -0.25) is 10.1 Å². The molecule has 1 amide bonds. The largest absolute Gasteiger partial charge is 0.486 e. The molecule has 1 aliphatic rings. The normalized spacial score (nSPS) is 12.4. The topological polar surface area (TPSA) is 59.6 Å². The van der Waals surface area contributed by atoms with E-state index in [0.717, 1.165) is 9.26 Å². The maximum atomic E-state index is 12.1. The number of hydrogen-bond acceptors (Lipinski definition) is 4. The average molecular weight is 440 g/mol. The summed E-state index contributed by atoms with van der Waals surface area (Å²) in [6, 6.07) is 12.7. The van der Waals surface area contributed by atoms with Crippen LogP contribution in [0.3, 0.4) is 0 Å². The fourth-order valence-corrected chi connectivity index (χ4v) is 2.84. The van der Waals surface area contributed by atoms with Crippen molar-refractivity contribution in [3.05, 3.63) is 51.6 Å². The maximum Gasteiger partial charge on any atom is 0.257 e. The molecule has 2 aromatic carbocycles. The molecule has 0 atom stereocenters. The van der Waals surface area contributed by atoms with Gasteiger partial charge in [0.1, 0.15) is 13.2 Å². The van der Waals surface area contributed by atoms with E-state index in [0.29, 0.717) is 30.3 Å². The number of benzene rings is 2. The predicted molar refractivity (Wildman–Crippen MR) is 100 cm³/mol. The number of ether oxygens (including phenoxy) is 2. The minimum absolute atomic E-state index is 0.227. The van der Waals surface area contributed by atoms with E-state index in [-0.39, 0.29) is 11.0 Å². The van der Waals surface area contributed by atoms with Crippen LogP contribution in [0.5, 0.6) is 11.5 Å². The monoisotopic (exact) mass is 440 g/mol. The van der Waals surface area contributed by atoms with Crippen LogP contribution >= 0.6 is 34.8 Å². The standard InChI is InChI=1S/C16H13IN2O3S/c17-11-3-1-2-10(8-11)15(20)19-16(23)18-12-4-5-13-14(9-12)22-7-6-21-13/h1-5,8-9H,6-7H2,(H2,18,19,20,23). The Balaban J connectivity index is 1.64. The van der Waals surface area contributed by atoms with Crippen molar-refractivity contribution in [2.45, 2.75) is 0 Å². The van der Waals surface area contributed by atoms with Gasteiger partial charge in [-0.1, -0.05) is 6.07 Å². The Kier molecular flexibility index (Phi) is 4.97. The van der Waals surface area contributed by atoms with Crippen LogP contribution in [-0.4, -0.2) is 24.2 Å². The third kappa shape index (κ3) is 4.11. The Labute approximate surface area is 152 Å². The van der Waals surface area contributed by atoms with E-state index < -0.39 is 0 Å². The third-order valence-electron chi connectivity index (χ3n) is 3.11. The Morgan fingerprint density at radius 2 is 1.87 bits per heavy atom. The van der Waals surface area contributed by atoms with Crippen molar-refractivity contribution in [2.75, 3.05) is 18.5 Å². The van der Waals surface area contributed by atoms with Gasteiger partial charge in [-0.15, -0.1) is 0 Å². The first-order valence-corrected chi connectivity index (χ1v) is 8.38. The molecule has 0 spiro atoms. The second-order valence-electron chi connectivity index (χ2n) is 4.78. The highest BCUT2D eigenvalue weighted by atomic mass is 127. The zero-order valence-electron chi connectivity index (χ0n) is 12.0. The Hall–Kier alpha value is -1.87. The van der Waals surface area contributed by atoms with Crippen LogP contribution in [0.2, 0.25) is 0 Å². The lowest BCUT2D eigenvalue weighted by atomic mass is 10.2. The van der Waals surface area contributed by atoms with E-state index in [1.165, 1.54) is 0 Å². The van der Waals surface area contributed by atoms with Crippen molar-refractivity contribution >= 4 is 51.5 Å². The summed E-state index contributed by atoms with van der Waals surface area (Å²) in [4.78, 5) is 12.1. The second-order valence-corrected chi connectivity index (χ2v) is 6.43. The molecule has 2 N–H and O–H groups in total. The molecule has 2 aromatic rings. The lowest BCUT2D eigenvalue weighted by molar-refractivity contribution is 0.0977. The maximum absolute atomic E-state index is 12.1. The highest BCUT2D eigenvalue weighted by Gasteiger charge is 2.13. The molecule has 0 aromatic heterocycles.